The Morgan fingerprint density at radius 3 is 2.74 bits per heavy atom. The maximum atomic E-state index is 13.4. The molecule has 0 saturated carbocycles. The SMILES string of the molecule is C=CCC[C@H](NC(=O)c1ccccc1F)C(=O)OC. The minimum Gasteiger partial charge on any atom is -0.467 e. The second-order valence-electron chi connectivity index (χ2n) is 3.90. The first-order valence-electron chi connectivity index (χ1n) is 5.84. The van der Waals surface area contributed by atoms with Gasteiger partial charge in [-0.3, -0.25) is 4.79 Å². The average molecular weight is 265 g/mol. The first-order chi connectivity index (χ1) is 9.10. The van der Waals surface area contributed by atoms with Crippen LogP contribution in [-0.4, -0.2) is 25.0 Å². The Morgan fingerprint density at radius 1 is 1.47 bits per heavy atom. The molecule has 1 N–H and O–H groups in total. The summed E-state index contributed by atoms with van der Waals surface area (Å²) in [5.41, 5.74) is -0.102. The third kappa shape index (κ3) is 4.21. The maximum Gasteiger partial charge on any atom is 0.328 e. The van der Waals surface area contributed by atoms with Crippen molar-refractivity contribution in [3.63, 3.8) is 0 Å². The second kappa shape index (κ2) is 7.31. The van der Waals surface area contributed by atoms with Gasteiger partial charge in [0.25, 0.3) is 5.91 Å². The number of nitrogens with one attached hydrogen (secondary N) is 1. The minimum atomic E-state index is -0.810. The van der Waals surface area contributed by atoms with Crippen molar-refractivity contribution in [2.24, 2.45) is 0 Å². The summed E-state index contributed by atoms with van der Waals surface area (Å²) in [5.74, 6) is -1.84. The smallest absolute Gasteiger partial charge is 0.328 e. The van der Waals surface area contributed by atoms with Gasteiger partial charge in [0.1, 0.15) is 11.9 Å². The van der Waals surface area contributed by atoms with E-state index in [4.69, 9.17) is 0 Å². The van der Waals surface area contributed by atoms with E-state index in [0.29, 0.717) is 12.8 Å². The zero-order valence-electron chi connectivity index (χ0n) is 10.7. The van der Waals surface area contributed by atoms with E-state index < -0.39 is 23.7 Å². The van der Waals surface area contributed by atoms with Gasteiger partial charge in [-0.15, -0.1) is 6.58 Å². The summed E-state index contributed by atoms with van der Waals surface area (Å²) < 4.78 is 18.0. The van der Waals surface area contributed by atoms with Crippen molar-refractivity contribution in [1.82, 2.24) is 5.32 Å². The number of hydrogen-bond donors (Lipinski definition) is 1. The molecular formula is C14H16FNO3. The molecule has 0 aliphatic rings. The molecule has 0 spiro atoms. The maximum absolute atomic E-state index is 13.4. The molecule has 1 amide bonds. The molecule has 1 rings (SSSR count). The number of allylic oxidation sites excluding steroid dienone is 1. The lowest BCUT2D eigenvalue weighted by atomic mass is 10.1. The van der Waals surface area contributed by atoms with Crippen LogP contribution in [0.4, 0.5) is 4.39 Å². The monoisotopic (exact) mass is 265 g/mol. The molecule has 0 radical (unpaired) electrons. The van der Waals surface area contributed by atoms with Crippen molar-refractivity contribution in [3.05, 3.63) is 48.3 Å². The molecule has 102 valence electrons. The van der Waals surface area contributed by atoms with Crippen LogP contribution < -0.4 is 5.32 Å². The predicted molar refractivity (Wildman–Crippen MR) is 69.1 cm³/mol. The quantitative estimate of drug-likeness (QED) is 0.632. The van der Waals surface area contributed by atoms with Crippen LogP contribution in [0.25, 0.3) is 0 Å². The minimum absolute atomic E-state index is 0.102. The average Bonchev–Trinajstić information content (AvgIpc) is 2.42. The second-order valence-corrected chi connectivity index (χ2v) is 3.90. The molecule has 1 atom stereocenters. The predicted octanol–water partition coefficient (Wildman–Crippen LogP) is 2.06. The standard InChI is InChI=1S/C14H16FNO3/c1-3-4-9-12(14(18)19-2)16-13(17)10-7-5-6-8-11(10)15/h3,5-8,12H,1,4,9H2,2H3,(H,16,17)/t12-/m0/s1. The molecule has 19 heavy (non-hydrogen) atoms. The topological polar surface area (TPSA) is 55.4 Å². The number of ether oxygens (including phenoxy) is 1. The van der Waals surface area contributed by atoms with E-state index in [1.54, 1.807) is 12.1 Å². The largest absolute Gasteiger partial charge is 0.467 e. The third-order valence-corrected chi connectivity index (χ3v) is 2.57. The number of methoxy groups -OCH3 is 1. The molecule has 0 bridgehead atoms. The highest BCUT2D eigenvalue weighted by Gasteiger charge is 2.22. The number of rotatable bonds is 6. The summed E-state index contributed by atoms with van der Waals surface area (Å²) in [6.07, 6.45) is 2.53. The van der Waals surface area contributed by atoms with E-state index in [1.165, 1.54) is 25.3 Å². The van der Waals surface area contributed by atoms with Crippen LogP contribution in [0, 0.1) is 5.82 Å². The number of halogens is 1. The lowest BCUT2D eigenvalue weighted by Crippen LogP contribution is -2.41. The normalized spacial score (nSPS) is 11.5. The molecule has 1 aromatic rings. The Bertz CT molecular complexity index is 474. The van der Waals surface area contributed by atoms with Gasteiger partial charge in [0.15, 0.2) is 0 Å². The summed E-state index contributed by atoms with van der Waals surface area (Å²) in [4.78, 5) is 23.4. The Kier molecular flexibility index (Phi) is 5.73. The van der Waals surface area contributed by atoms with E-state index in [1.807, 2.05) is 0 Å². The summed E-state index contributed by atoms with van der Waals surface area (Å²) in [5, 5.41) is 2.46. The van der Waals surface area contributed by atoms with Gasteiger partial charge in [0.05, 0.1) is 12.7 Å². The Morgan fingerprint density at radius 2 is 2.16 bits per heavy atom. The molecule has 0 saturated heterocycles. The van der Waals surface area contributed by atoms with Crippen LogP contribution in [0.3, 0.4) is 0 Å². The molecular weight excluding hydrogens is 249 g/mol. The van der Waals surface area contributed by atoms with Crippen molar-refractivity contribution < 1.29 is 18.7 Å². The Balaban J connectivity index is 2.78. The van der Waals surface area contributed by atoms with Crippen LogP contribution in [0.2, 0.25) is 0 Å². The van der Waals surface area contributed by atoms with Gasteiger partial charge in [-0.2, -0.15) is 0 Å². The Hall–Kier alpha value is -2.17. The van der Waals surface area contributed by atoms with Crippen molar-refractivity contribution >= 4 is 11.9 Å². The molecule has 0 aromatic heterocycles. The fourth-order valence-electron chi connectivity index (χ4n) is 1.56. The van der Waals surface area contributed by atoms with Crippen LogP contribution in [0.5, 0.6) is 0 Å². The van der Waals surface area contributed by atoms with Crippen molar-refractivity contribution in [3.8, 4) is 0 Å². The summed E-state index contributed by atoms with van der Waals surface area (Å²) in [6, 6.07) is 4.77. The lowest BCUT2D eigenvalue weighted by Gasteiger charge is -2.15. The van der Waals surface area contributed by atoms with Crippen molar-refractivity contribution in [1.29, 1.82) is 0 Å². The van der Waals surface area contributed by atoms with Gasteiger partial charge < -0.3 is 10.1 Å². The third-order valence-electron chi connectivity index (χ3n) is 2.57. The van der Waals surface area contributed by atoms with Crippen LogP contribution in [0.15, 0.2) is 36.9 Å². The van der Waals surface area contributed by atoms with E-state index in [9.17, 15) is 14.0 Å². The van der Waals surface area contributed by atoms with Crippen LogP contribution >= 0.6 is 0 Å². The fraction of sp³-hybridized carbons (Fsp3) is 0.286. The van der Waals surface area contributed by atoms with Gasteiger partial charge in [0.2, 0.25) is 0 Å². The van der Waals surface area contributed by atoms with E-state index in [0.717, 1.165) is 0 Å². The number of carbonyl (C=O) groups excluding carboxylic acids is 2. The number of esters is 1. The molecule has 0 aliphatic carbocycles. The van der Waals surface area contributed by atoms with Crippen LogP contribution in [-0.2, 0) is 9.53 Å². The molecule has 0 aliphatic heterocycles. The summed E-state index contributed by atoms with van der Waals surface area (Å²) >= 11 is 0. The van der Waals surface area contributed by atoms with E-state index in [2.05, 4.69) is 16.6 Å². The highest BCUT2D eigenvalue weighted by atomic mass is 19.1. The zero-order chi connectivity index (χ0) is 14.3. The molecule has 5 heteroatoms. The highest BCUT2D eigenvalue weighted by molar-refractivity contribution is 5.96. The summed E-state index contributed by atoms with van der Waals surface area (Å²) in [6.45, 7) is 3.54. The van der Waals surface area contributed by atoms with Crippen molar-refractivity contribution in [2.45, 2.75) is 18.9 Å². The van der Waals surface area contributed by atoms with Crippen molar-refractivity contribution in [2.75, 3.05) is 7.11 Å². The van der Waals surface area contributed by atoms with E-state index in [-0.39, 0.29) is 5.56 Å². The molecule has 0 fully saturated rings. The number of benzene rings is 1. The summed E-state index contributed by atoms with van der Waals surface area (Å²) in [7, 11) is 1.23. The number of amides is 1. The number of carbonyl (C=O) groups is 2. The lowest BCUT2D eigenvalue weighted by molar-refractivity contribution is -0.143. The molecule has 1 aromatic carbocycles. The Labute approximate surface area is 111 Å². The molecule has 0 unspecified atom stereocenters. The fourth-order valence-corrected chi connectivity index (χ4v) is 1.56. The zero-order valence-corrected chi connectivity index (χ0v) is 10.7. The van der Waals surface area contributed by atoms with E-state index >= 15 is 0 Å². The molecule has 0 heterocycles. The van der Waals surface area contributed by atoms with Gasteiger partial charge in [0, 0.05) is 0 Å². The van der Waals surface area contributed by atoms with Crippen LogP contribution in [0.1, 0.15) is 23.2 Å². The number of hydrogen-bond acceptors (Lipinski definition) is 3. The first kappa shape index (κ1) is 14.9. The molecule has 4 nitrogen and oxygen atoms in total. The van der Waals surface area contributed by atoms with Gasteiger partial charge >= 0.3 is 5.97 Å². The highest BCUT2D eigenvalue weighted by Crippen LogP contribution is 2.08. The first-order valence-corrected chi connectivity index (χ1v) is 5.84. The van der Waals surface area contributed by atoms with Gasteiger partial charge in [-0.25, -0.2) is 9.18 Å². The van der Waals surface area contributed by atoms with Gasteiger partial charge in [-0.05, 0) is 25.0 Å². The van der Waals surface area contributed by atoms with Gasteiger partial charge in [-0.1, -0.05) is 18.2 Å².